The number of methoxy groups -OCH3 is 1. The maximum Gasteiger partial charge on any atom is 0.148 e. The Balaban J connectivity index is 1.63. The second kappa shape index (κ2) is 6.23. The summed E-state index contributed by atoms with van der Waals surface area (Å²) in [6.07, 6.45) is 3.32. The van der Waals surface area contributed by atoms with Crippen molar-refractivity contribution in [2.45, 2.75) is 6.92 Å². The highest BCUT2D eigenvalue weighted by Crippen LogP contribution is 2.39. The van der Waals surface area contributed by atoms with Crippen molar-refractivity contribution >= 4 is 34.2 Å². The van der Waals surface area contributed by atoms with Crippen LogP contribution in [0.4, 0.5) is 5.69 Å². The third kappa shape index (κ3) is 2.47. The van der Waals surface area contributed by atoms with Gasteiger partial charge in [0.15, 0.2) is 0 Å². The maximum atomic E-state index is 10.8. The van der Waals surface area contributed by atoms with Gasteiger partial charge in [-0.1, -0.05) is 6.07 Å². The zero-order valence-corrected chi connectivity index (χ0v) is 15.6. The first kappa shape index (κ1) is 16.6. The molecule has 0 bridgehead atoms. The Hall–Kier alpha value is -3.61. The number of nitrogens with one attached hydrogen (secondary N) is 1. The minimum atomic E-state index is 0.130. The van der Waals surface area contributed by atoms with Crippen LogP contribution in [-0.2, 0) is 0 Å². The fourth-order valence-electron chi connectivity index (χ4n) is 3.70. The van der Waals surface area contributed by atoms with Crippen molar-refractivity contribution in [2.75, 3.05) is 20.2 Å². The van der Waals surface area contributed by atoms with E-state index in [2.05, 4.69) is 15.0 Å². The minimum absolute atomic E-state index is 0.130. The molecule has 0 aliphatic carbocycles. The van der Waals surface area contributed by atoms with Gasteiger partial charge in [0.2, 0.25) is 0 Å². The van der Waals surface area contributed by atoms with Crippen molar-refractivity contribution in [3.63, 3.8) is 0 Å². The van der Waals surface area contributed by atoms with Gasteiger partial charge in [-0.25, -0.2) is 9.98 Å². The average Bonchev–Trinajstić information content (AvgIpc) is 3.37. The molecule has 1 aromatic heterocycles. The molecule has 0 fully saturated rings. The van der Waals surface area contributed by atoms with Crippen molar-refractivity contribution in [3.8, 4) is 5.75 Å². The second-order valence-electron chi connectivity index (χ2n) is 6.80. The number of ether oxygens (including phenoxy) is 1. The number of aromatic amines is 1. The molecular formula is C21H19N5O2. The number of amidine groups is 2. The first-order chi connectivity index (χ1) is 13.7. The van der Waals surface area contributed by atoms with Crippen LogP contribution in [0, 0.1) is 6.92 Å². The van der Waals surface area contributed by atoms with E-state index in [0.717, 1.165) is 46.0 Å². The molecule has 5 rings (SSSR count). The van der Waals surface area contributed by atoms with E-state index in [4.69, 9.17) is 9.73 Å². The number of rotatable bonds is 3. The Morgan fingerprint density at radius 3 is 3.04 bits per heavy atom. The molecule has 0 spiro atoms. The summed E-state index contributed by atoms with van der Waals surface area (Å²) >= 11 is 0. The lowest BCUT2D eigenvalue weighted by molar-refractivity contribution is 0.412. The van der Waals surface area contributed by atoms with Crippen LogP contribution in [0.3, 0.4) is 0 Å². The Bertz CT molecular complexity index is 1190. The van der Waals surface area contributed by atoms with Crippen LogP contribution in [0.25, 0.3) is 16.8 Å². The van der Waals surface area contributed by atoms with E-state index >= 15 is 0 Å². The summed E-state index contributed by atoms with van der Waals surface area (Å²) in [5.41, 5.74) is 5.12. The number of fused-ring (bicyclic) bond motifs is 4. The standard InChI is InChI=1S/C21H19N5O2/c1-12-3-5-14-19(20(12)28-2)25-18(26-8-7-22-21(14)26)10-17(27)13-4-6-15-16(9-13)24-11-23-15/h3-6,9-11,27H,7-8H2,1-2H3,(H,23,24)/b17-10-. The smallest absolute Gasteiger partial charge is 0.148 e. The number of imidazole rings is 1. The van der Waals surface area contributed by atoms with E-state index < -0.39 is 0 Å². The number of H-pyrrole nitrogens is 1. The van der Waals surface area contributed by atoms with Crippen LogP contribution < -0.4 is 4.74 Å². The van der Waals surface area contributed by atoms with E-state index in [1.807, 2.05) is 42.2 Å². The molecule has 3 aromatic rings. The monoisotopic (exact) mass is 373 g/mol. The van der Waals surface area contributed by atoms with E-state index in [1.165, 1.54) is 0 Å². The predicted octanol–water partition coefficient (Wildman–Crippen LogP) is 3.58. The van der Waals surface area contributed by atoms with Crippen molar-refractivity contribution < 1.29 is 9.84 Å². The molecule has 0 unspecified atom stereocenters. The predicted molar refractivity (Wildman–Crippen MR) is 110 cm³/mol. The molecule has 2 aromatic carbocycles. The number of aromatic nitrogens is 2. The Kier molecular flexibility index (Phi) is 3.68. The van der Waals surface area contributed by atoms with Crippen molar-refractivity contribution in [3.05, 3.63) is 59.4 Å². The molecular weight excluding hydrogens is 354 g/mol. The van der Waals surface area contributed by atoms with Crippen LogP contribution in [0.15, 0.2) is 52.7 Å². The summed E-state index contributed by atoms with van der Waals surface area (Å²) in [6.45, 7) is 3.41. The third-order valence-electron chi connectivity index (χ3n) is 5.10. The van der Waals surface area contributed by atoms with Gasteiger partial charge in [-0.2, -0.15) is 0 Å². The minimum Gasteiger partial charge on any atom is -0.507 e. The first-order valence-electron chi connectivity index (χ1n) is 9.08. The molecule has 0 amide bonds. The van der Waals surface area contributed by atoms with Crippen molar-refractivity contribution in [2.24, 2.45) is 9.98 Å². The Morgan fingerprint density at radius 1 is 1.29 bits per heavy atom. The van der Waals surface area contributed by atoms with Crippen LogP contribution in [0.1, 0.15) is 16.7 Å². The number of aliphatic hydroxyl groups excluding tert-OH is 1. The fourth-order valence-corrected chi connectivity index (χ4v) is 3.70. The average molecular weight is 373 g/mol. The molecule has 28 heavy (non-hydrogen) atoms. The van der Waals surface area contributed by atoms with Gasteiger partial charge in [-0.05, 0) is 36.8 Å². The number of hydrogen-bond donors (Lipinski definition) is 2. The van der Waals surface area contributed by atoms with Gasteiger partial charge in [-0.15, -0.1) is 0 Å². The number of nitrogens with zero attached hydrogens (tertiary/aromatic N) is 4. The number of benzene rings is 2. The molecule has 3 heterocycles. The van der Waals surface area contributed by atoms with Crippen LogP contribution in [0.5, 0.6) is 5.75 Å². The van der Waals surface area contributed by atoms with Crippen LogP contribution in [0.2, 0.25) is 0 Å². The summed E-state index contributed by atoms with van der Waals surface area (Å²) in [6, 6.07) is 9.64. The van der Waals surface area contributed by atoms with Gasteiger partial charge in [0.05, 0.1) is 31.0 Å². The number of aliphatic hydroxyl groups is 1. The molecule has 0 atom stereocenters. The van der Waals surface area contributed by atoms with Gasteiger partial charge < -0.3 is 19.7 Å². The number of aryl methyl sites for hydroxylation is 1. The Labute approximate surface area is 161 Å². The molecule has 140 valence electrons. The molecule has 7 nitrogen and oxygen atoms in total. The van der Waals surface area contributed by atoms with E-state index in [0.29, 0.717) is 17.9 Å². The second-order valence-corrected chi connectivity index (χ2v) is 6.80. The number of hydrogen-bond acceptors (Lipinski definition) is 6. The molecule has 0 saturated carbocycles. The van der Waals surface area contributed by atoms with Crippen molar-refractivity contribution in [1.82, 2.24) is 14.9 Å². The maximum absolute atomic E-state index is 10.8. The van der Waals surface area contributed by atoms with Crippen molar-refractivity contribution in [1.29, 1.82) is 0 Å². The lowest BCUT2D eigenvalue weighted by Gasteiger charge is -2.27. The highest BCUT2D eigenvalue weighted by atomic mass is 16.5. The molecule has 0 saturated heterocycles. The van der Waals surface area contributed by atoms with Gasteiger partial charge in [-0.3, -0.25) is 4.99 Å². The lowest BCUT2D eigenvalue weighted by Crippen LogP contribution is -2.36. The molecule has 0 radical (unpaired) electrons. The third-order valence-corrected chi connectivity index (χ3v) is 5.10. The normalized spacial score (nSPS) is 15.9. The van der Waals surface area contributed by atoms with E-state index in [1.54, 1.807) is 19.5 Å². The van der Waals surface area contributed by atoms with Gasteiger partial charge >= 0.3 is 0 Å². The van der Waals surface area contributed by atoms with Gasteiger partial charge in [0.25, 0.3) is 0 Å². The molecule has 7 heteroatoms. The fraction of sp³-hybridized carbons (Fsp3) is 0.190. The molecule has 2 aliphatic rings. The summed E-state index contributed by atoms with van der Waals surface area (Å²) in [4.78, 5) is 18.8. The largest absolute Gasteiger partial charge is 0.507 e. The van der Waals surface area contributed by atoms with Gasteiger partial charge in [0, 0.05) is 23.7 Å². The summed E-state index contributed by atoms with van der Waals surface area (Å²) < 4.78 is 5.59. The van der Waals surface area contributed by atoms with E-state index in [9.17, 15) is 5.11 Å². The summed E-state index contributed by atoms with van der Waals surface area (Å²) in [7, 11) is 1.65. The molecule has 2 N–H and O–H groups in total. The highest BCUT2D eigenvalue weighted by Gasteiger charge is 2.31. The summed E-state index contributed by atoms with van der Waals surface area (Å²) in [5.74, 6) is 2.37. The summed E-state index contributed by atoms with van der Waals surface area (Å²) in [5, 5.41) is 10.8. The zero-order valence-electron chi connectivity index (χ0n) is 15.6. The first-order valence-corrected chi connectivity index (χ1v) is 9.08. The Morgan fingerprint density at radius 2 is 2.18 bits per heavy atom. The SMILES string of the molecule is COc1c(C)ccc2c1N=C(/C=C(\O)c1ccc3[nH]cnc3c1)N1CCN=C21. The highest BCUT2D eigenvalue weighted by molar-refractivity contribution is 6.20. The zero-order chi connectivity index (χ0) is 19.3. The molecule has 2 aliphatic heterocycles. The topological polar surface area (TPSA) is 86.1 Å². The lowest BCUT2D eigenvalue weighted by atomic mass is 10.0. The van der Waals surface area contributed by atoms with Crippen LogP contribution in [-0.4, -0.2) is 51.8 Å². The number of aliphatic imine (C=N–C) groups is 2. The van der Waals surface area contributed by atoms with E-state index in [-0.39, 0.29) is 5.76 Å². The van der Waals surface area contributed by atoms with Gasteiger partial charge in [0.1, 0.15) is 28.9 Å². The quantitative estimate of drug-likeness (QED) is 0.687. The van der Waals surface area contributed by atoms with Crippen LogP contribution >= 0.6 is 0 Å².